The highest BCUT2D eigenvalue weighted by molar-refractivity contribution is 7.89. The summed E-state index contributed by atoms with van der Waals surface area (Å²) in [4.78, 5) is 26.2. The Balaban J connectivity index is 1.53. The highest BCUT2D eigenvalue weighted by atomic mass is 32.2. The van der Waals surface area contributed by atoms with Crippen molar-refractivity contribution in [2.75, 3.05) is 32.7 Å². The zero-order valence-corrected chi connectivity index (χ0v) is 16.7. The number of benzene rings is 1. The smallest absolute Gasteiger partial charge is 0.255 e. The summed E-state index contributed by atoms with van der Waals surface area (Å²) in [5.74, 6) is -0.137. The Labute approximate surface area is 164 Å². The summed E-state index contributed by atoms with van der Waals surface area (Å²) in [6, 6.07) is 8.25. The summed E-state index contributed by atoms with van der Waals surface area (Å²) in [5, 5.41) is 2.57. The van der Waals surface area contributed by atoms with Gasteiger partial charge in [-0.1, -0.05) is 17.7 Å². The Kier molecular flexibility index (Phi) is 5.85. The fourth-order valence-electron chi connectivity index (χ4n) is 3.02. The SMILES string of the molecule is Cc1ccc(S(=O)(=O)N2CCN(C(=O)CNC(=O)c3ccoc3C)CC2)cc1. The van der Waals surface area contributed by atoms with E-state index in [-0.39, 0.29) is 49.4 Å². The van der Waals surface area contributed by atoms with Gasteiger partial charge in [0.1, 0.15) is 5.76 Å². The fourth-order valence-corrected chi connectivity index (χ4v) is 4.44. The van der Waals surface area contributed by atoms with Crippen LogP contribution in [-0.2, 0) is 14.8 Å². The lowest BCUT2D eigenvalue weighted by molar-refractivity contribution is -0.131. The van der Waals surface area contributed by atoms with Gasteiger partial charge < -0.3 is 14.6 Å². The number of rotatable bonds is 5. The molecule has 0 atom stereocenters. The number of carbonyl (C=O) groups is 2. The number of aryl methyl sites for hydroxylation is 2. The third-order valence-electron chi connectivity index (χ3n) is 4.75. The van der Waals surface area contributed by atoms with E-state index in [9.17, 15) is 18.0 Å². The molecule has 0 radical (unpaired) electrons. The molecule has 1 aliphatic rings. The Bertz CT molecular complexity index is 958. The van der Waals surface area contributed by atoms with Crippen LogP contribution in [-0.4, -0.2) is 62.2 Å². The largest absolute Gasteiger partial charge is 0.469 e. The maximum Gasteiger partial charge on any atom is 0.255 e. The molecule has 0 unspecified atom stereocenters. The molecule has 1 aliphatic heterocycles. The number of carbonyl (C=O) groups excluding carboxylic acids is 2. The Morgan fingerprint density at radius 2 is 1.68 bits per heavy atom. The summed E-state index contributed by atoms with van der Waals surface area (Å²) < 4.78 is 31.9. The Morgan fingerprint density at radius 1 is 1.04 bits per heavy atom. The standard InChI is InChI=1S/C19H23N3O5S/c1-14-3-5-16(6-4-14)28(25,26)22-10-8-21(9-11-22)18(23)13-20-19(24)17-7-12-27-15(17)2/h3-7,12H,8-11,13H2,1-2H3,(H,20,24). The third-order valence-corrected chi connectivity index (χ3v) is 6.67. The van der Waals surface area contributed by atoms with E-state index in [1.165, 1.54) is 10.6 Å². The molecular weight excluding hydrogens is 382 g/mol. The lowest BCUT2D eigenvalue weighted by Crippen LogP contribution is -2.52. The molecule has 0 aliphatic carbocycles. The number of hydrogen-bond donors (Lipinski definition) is 1. The van der Waals surface area contributed by atoms with Gasteiger partial charge in [0.25, 0.3) is 5.91 Å². The van der Waals surface area contributed by atoms with Crippen LogP contribution in [0.15, 0.2) is 45.9 Å². The van der Waals surface area contributed by atoms with Crippen LogP contribution in [0.2, 0.25) is 0 Å². The van der Waals surface area contributed by atoms with Gasteiger partial charge in [-0.15, -0.1) is 0 Å². The van der Waals surface area contributed by atoms with E-state index in [0.717, 1.165) is 5.56 Å². The van der Waals surface area contributed by atoms with Gasteiger partial charge in [-0.3, -0.25) is 9.59 Å². The number of nitrogens with one attached hydrogen (secondary N) is 1. The van der Waals surface area contributed by atoms with E-state index in [1.54, 1.807) is 42.2 Å². The fraction of sp³-hybridized carbons (Fsp3) is 0.368. The van der Waals surface area contributed by atoms with Crippen LogP contribution in [0.5, 0.6) is 0 Å². The van der Waals surface area contributed by atoms with Gasteiger partial charge in [-0.05, 0) is 32.0 Å². The summed E-state index contributed by atoms with van der Waals surface area (Å²) in [6.45, 7) is 4.43. The maximum absolute atomic E-state index is 12.7. The third kappa shape index (κ3) is 4.26. The molecule has 2 amide bonds. The molecule has 3 rings (SSSR count). The van der Waals surface area contributed by atoms with Crippen molar-refractivity contribution in [1.82, 2.24) is 14.5 Å². The molecule has 2 heterocycles. The predicted molar refractivity (Wildman–Crippen MR) is 102 cm³/mol. The molecule has 0 bridgehead atoms. The van der Waals surface area contributed by atoms with Crippen molar-refractivity contribution in [3.05, 3.63) is 53.5 Å². The topological polar surface area (TPSA) is 99.9 Å². The minimum atomic E-state index is -3.57. The number of furan rings is 1. The molecule has 2 aromatic rings. The second-order valence-corrected chi connectivity index (χ2v) is 8.61. The van der Waals surface area contributed by atoms with E-state index in [0.29, 0.717) is 11.3 Å². The Morgan fingerprint density at radius 3 is 2.25 bits per heavy atom. The van der Waals surface area contributed by atoms with Crippen LogP contribution < -0.4 is 5.32 Å². The number of nitrogens with zero attached hydrogens (tertiary/aromatic N) is 2. The first-order chi connectivity index (χ1) is 13.3. The summed E-state index contributed by atoms with van der Waals surface area (Å²) in [5.41, 5.74) is 1.38. The zero-order chi connectivity index (χ0) is 20.3. The Hall–Kier alpha value is -2.65. The van der Waals surface area contributed by atoms with Crippen LogP contribution in [0.4, 0.5) is 0 Å². The normalized spacial score (nSPS) is 15.4. The molecule has 0 saturated carbocycles. The molecule has 28 heavy (non-hydrogen) atoms. The molecule has 150 valence electrons. The molecular formula is C19H23N3O5S. The molecule has 8 nitrogen and oxygen atoms in total. The van der Waals surface area contributed by atoms with Gasteiger partial charge in [0.2, 0.25) is 15.9 Å². The van der Waals surface area contributed by atoms with E-state index >= 15 is 0 Å². The average Bonchev–Trinajstić information content (AvgIpc) is 3.12. The zero-order valence-electron chi connectivity index (χ0n) is 15.8. The molecule has 1 N–H and O–H groups in total. The van der Waals surface area contributed by atoms with Crippen molar-refractivity contribution in [1.29, 1.82) is 0 Å². The lowest BCUT2D eigenvalue weighted by atomic mass is 10.2. The molecule has 9 heteroatoms. The summed E-state index contributed by atoms with van der Waals surface area (Å²) >= 11 is 0. The highest BCUT2D eigenvalue weighted by Gasteiger charge is 2.30. The second-order valence-electron chi connectivity index (χ2n) is 6.67. The first kappa shape index (κ1) is 20.1. The van der Waals surface area contributed by atoms with Crippen LogP contribution in [0, 0.1) is 13.8 Å². The van der Waals surface area contributed by atoms with E-state index in [1.807, 2.05) is 6.92 Å². The predicted octanol–water partition coefficient (Wildman–Crippen LogP) is 1.16. The van der Waals surface area contributed by atoms with Crippen LogP contribution in [0.3, 0.4) is 0 Å². The van der Waals surface area contributed by atoms with Crippen molar-refractivity contribution < 1.29 is 22.4 Å². The molecule has 1 aromatic heterocycles. The van der Waals surface area contributed by atoms with Gasteiger partial charge >= 0.3 is 0 Å². The quantitative estimate of drug-likeness (QED) is 0.805. The number of hydrogen-bond acceptors (Lipinski definition) is 5. The molecule has 1 aromatic carbocycles. The van der Waals surface area contributed by atoms with Gasteiger partial charge in [-0.2, -0.15) is 4.31 Å². The number of piperazine rings is 1. The van der Waals surface area contributed by atoms with Gasteiger partial charge in [-0.25, -0.2) is 8.42 Å². The van der Waals surface area contributed by atoms with E-state index < -0.39 is 10.0 Å². The minimum Gasteiger partial charge on any atom is -0.469 e. The van der Waals surface area contributed by atoms with Crippen molar-refractivity contribution in [3.8, 4) is 0 Å². The average molecular weight is 405 g/mol. The first-order valence-electron chi connectivity index (χ1n) is 8.96. The highest BCUT2D eigenvalue weighted by Crippen LogP contribution is 2.18. The van der Waals surface area contributed by atoms with Crippen molar-refractivity contribution in [2.45, 2.75) is 18.7 Å². The summed E-state index contributed by atoms with van der Waals surface area (Å²) in [6.07, 6.45) is 1.42. The molecule has 0 spiro atoms. The van der Waals surface area contributed by atoms with Gasteiger partial charge in [0.15, 0.2) is 0 Å². The van der Waals surface area contributed by atoms with Gasteiger partial charge in [0, 0.05) is 26.2 Å². The monoisotopic (exact) mass is 405 g/mol. The van der Waals surface area contributed by atoms with Crippen LogP contribution in [0.25, 0.3) is 0 Å². The second kappa shape index (κ2) is 8.15. The summed E-state index contributed by atoms with van der Waals surface area (Å²) in [7, 11) is -3.57. The van der Waals surface area contributed by atoms with Crippen LogP contribution in [0.1, 0.15) is 21.7 Å². The van der Waals surface area contributed by atoms with Crippen molar-refractivity contribution in [2.24, 2.45) is 0 Å². The van der Waals surface area contributed by atoms with E-state index in [2.05, 4.69) is 5.32 Å². The lowest BCUT2D eigenvalue weighted by Gasteiger charge is -2.34. The van der Waals surface area contributed by atoms with Crippen molar-refractivity contribution >= 4 is 21.8 Å². The minimum absolute atomic E-state index is 0.145. The molecule has 1 saturated heterocycles. The maximum atomic E-state index is 12.7. The number of amides is 2. The first-order valence-corrected chi connectivity index (χ1v) is 10.4. The number of sulfonamides is 1. The van der Waals surface area contributed by atoms with Gasteiger partial charge in [0.05, 0.1) is 23.3 Å². The van der Waals surface area contributed by atoms with Crippen LogP contribution >= 0.6 is 0 Å². The van der Waals surface area contributed by atoms with Crippen molar-refractivity contribution in [3.63, 3.8) is 0 Å². The van der Waals surface area contributed by atoms with E-state index in [4.69, 9.17) is 4.42 Å². The molecule has 1 fully saturated rings.